The highest BCUT2D eigenvalue weighted by atomic mass is 32.1. The van der Waals surface area contributed by atoms with Crippen LogP contribution in [0.1, 0.15) is 48.1 Å². The second-order valence-electron chi connectivity index (χ2n) is 3.98. The summed E-state index contributed by atoms with van der Waals surface area (Å²) in [5.74, 6) is -1.41. The number of rotatable bonds is 2. The van der Waals surface area contributed by atoms with Crippen LogP contribution in [0.25, 0.3) is 0 Å². The second-order valence-corrected chi connectivity index (χ2v) is 4.97. The number of ketones is 2. The van der Waals surface area contributed by atoms with Gasteiger partial charge in [-0.1, -0.05) is 0 Å². The maximum Gasteiger partial charge on any atom is 0.367 e. The van der Waals surface area contributed by atoms with Crippen molar-refractivity contribution in [3.8, 4) is 0 Å². The van der Waals surface area contributed by atoms with Crippen LogP contribution < -0.4 is 0 Å². The van der Waals surface area contributed by atoms with Crippen molar-refractivity contribution < 1.29 is 19.1 Å². The molecule has 3 rings (SSSR count). The highest BCUT2D eigenvalue weighted by molar-refractivity contribution is 7.16. The zero-order valence-corrected chi connectivity index (χ0v) is 11.2. The Bertz CT molecular complexity index is 698. The van der Waals surface area contributed by atoms with Crippen LogP contribution in [-0.2, 0) is 4.74 Å². The van der Waals surface area contributed by atoms with E-state index in [1.54, 1.807) is 13.0 Å². The topological polar surface area (TPSA) is 86.2 Å². The number of thiazole rings is 1. The Morgan fingerprint density at radius 1 is 1.30 bits per heavy atom. The van der Waals surface area contributed by atoms with Crippen LogP contribution in [0.5, 0.6) is 0 Å². The quantitative estimate of drug-likeness (QED) is 0.664. The number of pyridine rings is 1. The molecule has 20 heavy (non-hydrogen) atoms. The summed E-state index contributed by atoms with van der Waals surface area (Å²) in [7, 11) is 0. The Morgan fingerprint density at radius 3 is 2.85 bits per heavy atom. The Labute approximate surface area is 117 Å². The van der Waals surface area contributed by atoms with Gasteiger partial charge in [0.1, 0.15) is 16.3 Å². The lowest BCUT2D eigenvalue weighted by Gasteiger charge is -2.10. The maximum absolute atomic E-state index is 12.3. The van der Waals surface area contributed by atoms with E-state index in [4.69, 9.17) is 4.74 Å². The first kappa shape index (κ1) is 12.6. The van der Waals surface area contributed by atoms with Gasteiger partial charge in [0, 0.05) is 6.20 Å². The summed E-state index contributed by atoms with van der Waals surface area (Å²) in [6, 6.07) is 3.12. The van der Waals surface area contributed by atoms with Crippen LogP contribution in [0.3, 0.4) is 0 Å². The molecule has 0 N–H and O–H groups in total. The molecular formula is C13H8N2O4S. The third kappa shape index (κ3) is 1.75. The molecule has 0 fully saturated rings. The van der Waals surface area contributed by atoms with Gasteiger partial charge in [-0.05, 0) is 19.1 Å². The van der Waals surface area contributed by atoms with Gasteiger partial charge in [-0.3, -0.25) is 14.6 Å². The zero-order chi connectivity index (χ0) is 14.3. The molecule has 1 aliphatic rings. The largest absolute Gasteiger partial charge is 0.461 e. The number of hydrogen-bond acceptors (Lipinski definition) is 7. The van der Waals surface area contributed by atoms with Crippen LogP contribution in [0.4, 0.5) is 0 Å². The van der Waals surface area contributed by atoms with E-state index in [-0.39, 0.29) is 39.2 Å². The van der Waals surface area contributed by atoms with Crippen LogP contribution in [0.15, 0.2) is 18.3 Å². The molecule has 0 bridgehead atoms. The van der Waals surface area contributed by atoms with Gasteiger partial charge in [0.05, 0.1) is 12.2 Å². The van der Waals surface area contributed by atoms with Crippen molar-refractivity contribution in [2.24, 2.45) is 0 Å². The van der Waals surface area contributed by atoms with Gasteiger partial charge in [-0.2, -0.15) is 0 Å². The smallest absolute Gasteiger partial charge is 0.367 e. The highest BCUT2D eigenvalue weighted by Crippen LogP contribution is 2.30. The molecule has 0 atom stereocenters. The SMILES string of the molecule is CCOC(=O)c1nc2c(s1)C(=O)c1cccnc1C2=O. The maximum atomic E-state index is 12.3. The second kappa shape index (κ2) is 4.61. The third-order valence-corrected chi connectivity index (χ3v) is 3.80. The van der Waals surface area contributed by atoms with Crippen LogP contribution in [0.2, 0.25) is 0 Å². The lowest BCUT2D eigenvalue weighted by Crippen LogP contribution is -2.21. The molecular weight excluding hydrogens is 280 g/mol. The molecule has 0 aromatic carbocycles. The molecule has 0 spiro atoms. The molecule has 1 aliphatic carbocycles. The van der Waals surface area contributed by atoms with Gasteiger partial charge in [0.25, 0.3) is 0 Å². The minimum atomic E-state index is -0.635. The van der Waals surface area contributed by atoms with E-state index >= 15 is 0 Å². The number of ether oxygens (including phenoxy) is 1. The third-order valence-electron chi connectivity index (χ3n) is 2.77. The Morgan fingerprint density at radius 2 is 2.10 bits per heavy atom. The fourth-order valence-corrected chi connectivity index (χ4v) is 2.82. The van der Waals surface area contributed by atoms with Crippen molar-refractivity contribution in [3.63, 3.8) is 0 Å². The first-order valence-electron chi connectivity index (χ1n) is 5.85. The van der Waals surface area contributed by atoms with Gasteiger partial charge >= 0.3 is 5.97 Å². The van der Waals surface area contributed by atoms with E-state index in [9.17, 15) is 14.4 Å². The number of aromatic nitrogens is 2. The van der Waals surface area contributed by atoms with Crippen molar-refractivity contribution in [1.82, 2.24) is 9.97 Å². The van der Waals surface area contributed by atoms with Crippen molar-refractivity contribution in [2.75, 3.05) is 6.61 Å². The molecule has 6 nitrogen and oxygen atoms in total. The molecule has 2 heterocycles. The fourth-order valence-electron chi connectivity index (χ4n) is 1.91. The van der Waals surface area contributed by atoms with Gasteiger partial charge in [0.15, 0.2) is 0 Å². The number of carbonyl (C=O) groups excluding carboxylic acids is 3. The summed E-state index contributed by atoms with van der Waals surface area (Å²) in [6.45, 7) is 1.87. The molecule has 100 valence electrons. The standard InChI is InChI=1S/C13H8N2O4S/c1-2-19-13(18)12-15-8-10(17)7-6(4-3-5-14-7)9(16)11(8)20-12/h3-5H,2H2,1H3. The summed E-state index contributed by atoms with van der Waals surface area (Å²) in [5, 5.41) is 0.00589. The summed E-state index contributed by atoms with van der Waals surface area (Å²) >= 11 is 0.875. The Kier molecular flexibility index (Phi) is 2.90. The van der Waals surface area contributed by atoms with E-state index < -0.39 is 11.8 Å². The lowest BCUT2D eigenvalue weighted by molar-refractivity contribution is 0.0525. The molecule has 7 heteroatoms. The van der Waals surface area contributed by atoms with Crippen LogP contribution in [-0.4, -0.2) is 34.1 Å². The number of fused-ring (bicyclic) bond motifs is 2. The number of carbonyl (C=O) groups is 3. The van der Waals surface area contributed by atoms with Crippen molar-refractivity contribution >= 4 is 28.9 Å². The zero-order valence-electron chi connectivity index (χ0n) is 10.4. The molecule has 2 aromatic heterocycles. The van der Waals surface area contributed by atoms with E-state index in [1.807, 2.05) is 0 Å². The van der Waals surface area contributed by atoms with Gasteiger partial charge in [-0.25, -0.2) is 9.78 Å². The minimum absolute atomic E-state index is 0.00589. The summed E-state index contributed by atoms with van der Waals surface area (Å²) in [4.78, 5) is 44.2. The van der Waals surface area contributed by atoms with Crippen LogP contribution >= 0.6 is 11.3 Å². The predicted molar refractivity (Wildman–Crippen MR) is 69.2 cm³/mol. The van der Waals surface area contributed by atoms with E-state index in [1.165, 1.54) is 12.3 Å². The monoisotopic (exact) mass is 288 g/mol. The normalized spacial score (nSPS) is 12.8. The molecule has 0 amide bonds. The lowest BCUT2D eigenvalue weighted by atomic mass is 9.96. The fraction of sp³-hybridized carbons (Fsp3) is 0.154. The highest BCUT2D eigenvalue weighted by Gasteiger charge is 2.35. The van der Waals surface area contributed by atoms with Gasteiger partial charge in [0.2, 0.25) is 16.6 Å². The van der Waals surface area contributed by atoms with Gasteiger partial charge in [-0.15, -0.1) is 11.3 Å². The summed E-state index contributed by atoms with van der Waals surface area (Å²) in [6.07, 6.45) is 1.44. The molecule has 0 saturated carbocycles. The molecule has 0 saturated heterocycles. The summed E-state index contributed by atoms with van der Waals surface area (Å²) in [5.41, 5.74) is 0.295. The van der Waals surface area contributed by atoms with Crippen LogP contribution in [0, 0.1) is 0 Å². The van der Waals surface area contributed by atoms with E-state index in [2.05, 4.69) is 9.97 Å². The molecule has 0 unspecified atom stereocenters. The Hall–Kier alpha value is -2.41. The first-order chi connectivity index (χ1) is 9.63. The average Bonchev–Trinajstić information content (AvgIpc) is 2.91. The molecule has 0 radical (unpaired) electrons. The molecule has 2 aromatic rings. The van der Waals surface area contributed by atoms with Gasteiger partial charge < -0.3 is 4.74 Å². The van der Waals surface area contributed by atoms with E-state index in [0.29, 0.717) is 0 Å². The summed E-state index contributed by atoms with van der Waals surface area (Å²) < 4.78 is 4.82. The first-order valence-corrected chi connectivity index (χ1v) is 6.67. The average molecular weight is 288 g/mol. The van der Waals surface area contributed by atoms with Crippen molar-refractivity contribution in [3.05, 3.63) is 45.2 Å². The molecule has 0 aliphatic heterocycles. The number of nitrogens with zero attached hydrogens (tertiary/aromatic N) is 2. The van der Waals surface area contributed by atoms with E-state index in [0.717, 1.165) is 11.3 Å². The van der Waals surface area contributed by atoms with Crippen molar-refractivity contribution in [1.29, 1.82) is 0 Å². The van der Waals surface area contributed by atoms with Crippen molar-refractivity contribution in [2.45, 2.75) is 6.92 Å². The number of esters is 1. The predicted octanol–water partition coefficient (Wildman–Crippen LogP) is 1.49. The minimum Gasteiger partial charge on any atom is -0.461 e. The number of hydrogen-bond donors (Lipinski definition) is 0. The Balaban J connectivity index is 2.12.